The van der Waals surface area contributed by atoms with E-state index in [0.29, 0.717) is 16.8 Å². The van der Waals surface area contributed by atoms with Gasteiger partial charge in [-0.05, 0) is 49.2 Å². The van der Waals surface area contributed by atoms with Gasteiger partial charge < -0.3 is 4.74 Å². The molecule has 2 aromatic carbocycles. The van der Waals surface area contributed by atoms with Crippen LogP contribution in [0.5, 0.6) is 5.75 Å². The predicted octanol–water partition coefficient (Wildman–Crippen LogP) is 2.35. The number of amides is 1. The van der Waals surface area contributed by atoms with Crippen molar-refractivity contribution in [2.45, 2.75) is 13.8 Å². The summed E-state index contributed by atoms with van der Waals surface area (Å²) in [6.45, 7) is 3.82. The fourth-order valence-electron chi connectivity index (χ4n) is 2.87. The van der Waals surface area contributed by atoms with Crippen molar-refractivity contribution in [2.75, 3.05) is 12.0 Å². The second kappa shape index (κ2) is 7.59. The summed E-state index contributed by atoms with van der Waals surface area (Å²) in [6, 6.07) is 14.9. The molecule has 0 radical (unpaired) electrons. The van der Waals surface area contributed by atoms with Gasteiger partial charge in [0.05, 0.1) is 11.9 Å². The van der Waals surface area contributed by atoms with Crippen LogP contribution in [0.3, 0.4) is 0 Å². The first-order chi connectivity index (χ1) is 14.0. The normalized spacial score (nSPS) is 10.8. The Morgan fingerprint density at radius 3 is 2.66 bits per heavy atom. The zero-order valence-electron chi connectivity index (χ0n) is 16.0. The summed E-state index contributed by atoms with van der Waals surface area (Å²) in [6.07, 6.45) is 2.72. The van der Waals surface area contributed by atoms with Gasteiger partial charge in [0.1, 0.15) is 17.5 Å². The van der Waals surface area contributed by atoms with Crippen molar-refractivity contribution < 1.29 is 9.53 Å². The van der Waals surface area contributed by atoms with Crippen LogP contribution >= 0.6 is 0 Å². The molecule has 8 heteroatoms. The van der Waals surface area contributed by atoms with E-state index in [9.17, 15) is 9.59 Å². The average molecular weight is 389 g/mol. The smallest absolute Gasteiger partial charge is 0.283 e. The molecule has 146 valence electrons. The van der Waals surface area contributed by atoms with Gasteiger partial charge in [0.15, 0.2) is 12.3 Å². The summed E-state index contributed by atoms with van der Waals surface area (Å²) in [5.74, 6) is 0.0943. The highest BCUT2D eigenvalue weighted by Crippen LogP contribution is 2.17. The summed E-state index contributed by atoms with van der Waals surface area (Å²) >= 11 is 0. The number of ether oxygens (including phenoxy) is 1. The first-order valence-corrected chi connectivity index (χ1v) is 9.03. The van der Waals surface area contributed by atoms with Crippen LogP contribution in [0.2, 0.25) is 0 Å². The summed E-state index contributed by atoms with van der Waals surface area (Å²) in [4.78, 5) is 29.2. The number of fused-ring (bicyclic) bond motifs is 1. The number of rotatable bonds is 5. The standard InChI is InChI=1S/C21H19N5O3/c1-14-8-9-16(10-15(14)2)26-20-18(11-23-26)21(28)25(13-22-20)24-19(27)12-29-17-6-4-3-5-7-17/h3-11,13H,12H2,1-2H3,(H,24,27). The number of hydrogen-bond donors (Lipinski definition) is 1. The molecule has 1 N–H and O–H groups in total. The quantitative estimate of drug-likeness (QED) is 0.566. The summed E-state index contributed by atoms with van der Waals surface area (Å²) in [5, 5.41) is 4.60. The fourth-order valence-corrected chi connectivity index (χ4v) is 2.87. The minimum absolute atomic E-state index is 0.226. The third kappa shape index (κ3) is 3.73. The molecule has 0 saturated heterocycles. The van der Waals surface area contributed by atoms with E-state index in [1.807, 2.05) is 50.2 Å². The van der Waals surface area contributed by atoms with E-state index in [1.165, 1.54) is 18.1 Å². The molecule has 29 heavy (non-hydrogen) atoms. The van der Waals surface area contributed by atoms with Gasteiger partial charge in [-0.15, -0.1) is 0 Å². The summed E-state index contributed by atoms with van der Waals surface area (Å²) in [5.41, 5.74) is 5.58. The number of benzene rings is 2. The Morgan fingerprint density at radius 1 is 1.10 bits per heavy atom. The number of nitrogens with one attached hydrogen (secondary N) is 1. The Kier molecular flexibility index (Phi) is 4.82. The zero-order valence-corrected chi connectivity index (χ0v) is 16.0. The summed E-state index contributed by atoms with van der Waals surface area (Å²) in [7, 11) is 0. The molecule has 0 aliphatic heterocycles. The van der Waals surface area contributed by atoms with Crippen molar-refractivity contribution in [3.8, 4) is 11.4 Å². The van der Waals surface area contributed by atoms with Crippen LogP contribution in [0.1, 0.15) is 11.1 Å². The molecule has 0 spiro atoms. The lowest BCUT2D eigenvalue weighted by Crippen LogP contribution is -2.35. The lowest BCUT2D eigenvalue weighted by atomic mass is 10.1. The van der Waals surface area contributed by atoms with Gasteiger partial charge in [-0.2, -0.15) is 5.10 Å². The first-order valence-electron chi connectivity index (χ1n) is 9.03. The number of aromatic nitrogens is 4. The van der Waals surface area contributed by atoms with Crippen LogP contribution in [0.15, 0.2) is 65.8 Å². The van der Waals surface area contributed by atoms with Gasteiger partial charge in [-0.3, -0.25) is 15.0 Å². The van der Waals surface area contributed by atoms with Crippen LogP contribution in [0.25, 0.3) is 16.7 Å². The molecule has 0 saturated carbocycles. The van der Waals surface area contributed by atoms with E-state index in [4.69, 9.17) is 4.74 Å². The van der Waals surface area contributed by atoms with Crippen LogP contribution in [-0.4, -0.2) is 32.0 Å². The lowest BCUT2D eigenvalue weighted by Gasteiger charge is -2.09. The first kappa shape index (κ1) is 18.4. The van der Waals surface area contributed by atoms with Crippen LogP contribution in [0, 0.1) is 13.8 Å². The van der Waals surface area contributed by atoms with Gasteiger partial charge >= 0.3 is 0 Å². The van der Waals surface area contributed by atoms with Crippen LogP contribution in [0.4, 0.5) is 0 Å². The van der Waals surface area contributed by atoms with Gasteiger partial charge in [0.2, 0.25) is 0 Å². The van der Waals surface area contributed by atoms with Gasteiger partial charge in [0.25, 0.3) is 11.5 Å². The van der Waals surface area contributed by atoms with E-state index in [-0.39, 0.29) is 6.61 Å². The molecule has 0 aliphatic rings. The SMILES string of the molecule is Cc1ccc(-n2ncc3c(=O)n(NC(=O)COc4ccccc4)cnc32)cc1C. The Balaban J connectivity index is 1.56. The third-order valence-corrected chi connectivity index (χ3v) is 4.58. The van der Waals surface area contributed by atoms with Gasteiger partial charge in [-0.25, -0.2) is 14.3 Å². The molecule has 4 aromatic rings. The molecule has 4 rings (SSSR count). The maximum absolute atomic E-state index is 12.7. The fraction of sp³-hybridized carbons (Fsp3) is 0.143. The third-order valence-electron chi connectivity index (χ3n) is 4.58. The van der Waals surface area contributed by atoms with Crippen LogP contribution in [-0.2, 0) is 4.79 Å². The highest BCUT2D eigenvalue weighted by Gasteiger charge is 2.13. The van der Waals surface area contributed by atoms with Crippen LogP contribution < -0.4 is 15.7 Å². The topological polar surface area (TPSA) is 91.0 Å². The number of carbonyl (C=O) groups is 1. The lowest BCUT2D eigenvalue weighted by molar-refractivity contribution is -0.119. The van der Waals surface area contributed by atoms with E-state index in [2.05, 4.69) is 15.5 Å². The minimum Gasteiger partial charge on any atom is -0.484 e. The minimum atomic E-state index is -0.473. The monoisotopic (exact) mass is 389 g/mol. The number of para-hydroxylation sites is 1. The second-order valence-corrected chi connectivity index (χ2v) is 6.62. The molecule has 2 heterocycles. The molecule has 8 nitrogen and oxygen atoms in total. The number of carbonyl (C=O) groups excluding carboxylic acids is 1. The Bertz CT molecular complexity index is 1240. The average Bonchev–Trinajstić information content (AvgIpc) is 3.16. The Morgan fingerprint density at radius 2 is 1.90 bits per heavy atom. The predicted molar refractivity (Wildman–Crippen MR) is 109 cm³/mol. The van der Waals surface area contributed by atoms with E-state index >= 15 is 0 Å². The van der Waals surface area contributed by atoms with E-state index in [1.54, 1.807) is 16.8 Å². The van der Waals surface area contributed by atoms with E-state index < -0.39 is 11.5 Å². The Labute approximate surface area is 166 Å². The number of hydrogen-bond acceptors (Lipinski definition) is 5. The number of aryl methyl sites for hydroxylation is 2. The molecular formula is C21H19N5O3. The van der Waals surface area contributed by atoms with Gasteiger partial charge in [0, 0.05) is 0 Å². The molecule has 1 amide bonds. The zero-order chi connectivity index (χ0) is 20.4. The highest BCUT2D eigenvalue weighted by atomic mass is 16.5. The number of nitrogens with zero attached hydrogens (tertiary/aromatic N) is 4. The van der Waals surface area contributed by atoms with Crippen molar-refractivity contribution in [1.29, 1.82) is 0 Å². The van der Waals surface area contributed by atoms with Crippen molar-refractivity contribution in [2.24, 2.45) is 0 Å². The van der Waals surface area contributed by atoms with Crippen molar-refractivity contribution >= 4 is 16.9 Å². The van der Waals surface area contributed by atoms with Crippen molar-refractivity contribution in [3.05, 3.63) is 82.5 Å². The van der Waals surface area contributed by atoms with Crippen molar-refractivity contribution in [1.82, 2.24) is 19.4 Å². The molecule has 0 unspecified atom stereocenters. The maximum atomic E-state index is 12.7. The van der Waals surface area contributed by atoms with Gasteiger partial charge in [-0.1, -0.05) is 24.3 Å². The largest absolute Gasteiger partial charge is 0.484 e. The highest BCUT2D eigenvalue weighted by molar-refractivity contribution is 5.85. The molecular weight excluding hydrogens is 370 g/mol. The molecule has 0 fully saturated rings. The summed E-state index contributed by atoms with van der Waals surface area (Å²) < 4.78 is 8.02. The van der Waals surface area contributed by atoms with Crippen molar-refractivity contribution in [3.63, 3.8) is 0 Å². The Hall–Kier alpha value is -3.94. The second-order valence-electron chi connectivity index (χ2n) is 6.62. The molecule has 0 bridgehead atoms. The molecule has 0 atom stereocenters. The molecule has 0 aliphatic carbocycles. The molecule has 2 aromatic heterocycles. The maximum Gasteiger partial charge on any atom is 0.283 e. The van der Waals surface area contributed by atoms with E-state index in [0.717, 1.165) is 15.9 Å².